The van der Waals surface area contributed by atoms with Crippen LogP contribution in [-0.4, -0.2) is 42.1 Å². The van der Waals surface area contributed by atoms with Crippen LogP contribution in [-0.2, 0) is 9.53 Å². The number of carbonyl (C=O) groups excluding carboxylic acids is 1. The van der Waals surface area contributed by atoms with E-state index in [1.165, 1.54) is 11.5 Å². The maximum absolute atomic E-state index is 11.4. The number of nitrogens with one attached hydrogen (secondary N) is 2. The predicted octanol–water partition coefficient (Wildman–Crippen LogP) is 1.23. The quantitative estimate of drug-likeness (QED) is 0.696. The molecule has 0 saturated carbocycles. The highest BCUT2D eigenvalue weighted by Crippen LogP contribution is 2.16. The number of hydrogen-bond acceptors (Lipinski definition) is 6. The number of amides is 1. The standard InChI is InChI=1S/C11H20N4O2S/c1-8(2)10-14-11(18-15-10)13-5-4-9(16)12-6-7-17-3/h8H,4-7H2,1-3H3,(H,12,16)(H,13,14,15). The molecular weight excluding hydrogens is 252 g/mol. The summed E-state index contributed by atoms with van der Waals surface area (Å²) in [5.41, 5.74) is 0. The van der Waals surface area contributed by atoms with Crippen LogP contribution in [0.25, 0.3) is 0 Å². The first-order valence-corrected chi connectivity index (χ1v) is 6.74. The Bertz CT molecular complexity index is 368. The van der Waals surface area contributed by atoms with Gasteiger partial charge in [0.2, 0.25) is 11.0 Å². The average molecular weight is 272 g/mol. The number of rotatable bonds is 8. The Hall–Kier alpha value is -1.21. The lowest BCUT2D eigenvalue weighted by atomic mass is 10.2. The van der Waals surface area contributed by atoms with Gasteiger partial charge in [-0.05, 0) is 0 Å². The highest BCUT2D eigenvalue weighted by atomic mass is 32.1. The molecule has 0 aliphatic carbocycles. The monoisotopic (exact) mass is 272 g/mol. The molecule has 1 rings (SSSR count). The smallest absolute Gasteiger partial charge is 0.221 e. The fraction of sp³-hybridized carbons (Fsp3) is 0.727. The van der Waals surface area contributed by atoms with Crippen LogP contribution in [0.15, 0.2) is 0 Å². The van der Waals surface area contributed by atoms with E-state index in [1.54, 1.807) is 7.11 Å². The van der Waals surface area contributed by atoms with Crippen molar-refractivity contribution in [1.29, 1.82) is 0 Å². The van der Waals surface area contributed by atoms with E-state index in [4.69, 9.17) is 4.74 Å². The summed E-state index contributed by atoms with van der Waals surface area (Å²) in [5, 5.41) is 6.62. The summed E-state index contributed by atoms with van der Waals surface area (Å²) in [7, 11) is 1.61. The van der Waals surface area contributed by atoms with Crippen molar-refractivity contribution in [2.75, 3.05) is 32.1 Å². The summed E-state index contributed by atoms with van der Waals surface area (Å²) < 4.78 is 9.07. The van der Waals surface area contributed by atoms with Crippen LogP contribution < -0.4 is 10.6 Å². The normalized spacial score (nSPS) is 10.7. The minimum atomic E-state index is 0.00754. The summed E-state index contributed by atoms with van der Waals surface area (Å²) in [6.07, 6.45) is 0.417. The zero-order chi connectivity index (χ0) is 13.4. The highest BCUT2D eigenvalue weighted by Gasteiger charge is 2.07. The van der Waals surface area contributed by atoms with Crippen molar-refractivity contribution in [2.24, 2.45) is 0 Å². The Morgan fingerprint density at radius 3 is 2.83 bits per heavy atom. The number of methoxy groups -OCH3 is 1. The van der Waals surface area contributed by atoms with Crippen molar-refractivity contribution < 1.29 is 9.53 Å². The van der Waals surface area contributed by atoms with Gasteiger partial charge in [-0.1, -0.05) is 13.8 Å². The van der Waals surface area contributed by atoms with Gasteiger partial charge in [-0.3, -0.25) is 4.79 Å². The van der Waals surface area contributed by atoms with E-state index in [0.717, 1.165) is 11.0 Å². The lowest BCUT2D eigenvalue weighted by Gasteiger charge is -2.04. The van der Waals surface area contributed by atoms with Gasteiger partial charge in [0.25, 0.3) is 0 Å². The first-order chi connectivity index (χ1) is 8.63. The molecule has 1 aromatic heterocycles. The van der Waals surface area contributed by atoms with E-state index < -0.39 is 0 Å². The van der Waals surface area contributed by atoms with Gasteiger partial charge in [-0.25, -0.2) is 4.98 Å². The molecule has 0 aromatic carbocycles. The van der Waals surface area contributed by atoms with Gasteiger partial charge in [-0.15, -0.1) is 0 Å². The Morgan fingerprint density at radius 1 is 1.44 bits per heavy atom. The van der Waals surface area contributed by atoms with E-state index in [0.29, 0.717) is 32.0 Å². The summed E-state index contributed by atoms with van der Waals surface area (Å²) in [6, 6.07) is 0. The van der Waals surface area contributed by atoms with E-state index in [-0.39, 0.29) is 5.91 Å². The van der Waals surface area contributed by atoms with E-state index in [9.17, 15) is 4.79 Å². The molecular formula is C11H20N4O2S. The van der Waals surface area contributed by atoms with Gasteiger partial charge in [0.15, 0.2) is 0 Å². The van der Waals surface area contributed by atoms with Gasteiger partial charge in [0, 0.05) is 44.1 Å². The van der Waals surface area contributed by atoms with E-state index in [2.05, 4.69) is 33.8 Å². The van der Waals surface area contributed by atoms with Crippen LogP contribution in [0, 0.1) is 0 Å². The molecule has 0 saturated heterocycles. The number of anilines is 1. The largest absolute Gasteiger partial charge is 0.383 e. The minimum Gasteiger partial charge on any atom is -0.383 e. The van der Waals surface area contributed by atoms with Gasteiger partial charge < -0.3 is 15.4 Å². The number of aromatic nitrogens is 2. The Morgan fingerprint density at radius 2 is 2.22 bits per heavy atom. The third-order valence-electron chi connectivity index (χ3n) is 2.21. The zero-order valence-corrected chi connectivity index (χ0v) is 11.8. The SMILES string of the molecule is COCCNC(=O)CCNc1nc(C(C)C)ns1. The van der Waals surface area contributed by atoms with E-state index in [1.807, 2.05) is 0 Å². The predicted molar refractivity (Wildman–Crippen MR) is 72.0 cm³/mol. The zero-order valence-electron chi connectivity index (χ0n) is 11.0. The average Bonchev–Trinajstić information content (AvgIpc) is 2.78. The molecule has 0 fully saturated rings. The van der Waals surface area contributed by atoms with Crippen LogP contribution in [0.3, 0.4) is 0 Å². The van der Waals surface area contributed by atoms with Crippen LogP contribution in [0.4, 0.5) is 5.13 Å². The topological polar surface area (TPSA) is 76.1 Å². The second-order valence-electron chi connectivity index (χ2n) is 4.13. The van der Waals surface area contributed by atoms with Gasteiger partial charge >= 0.3 is 0 Å². The molecule has 18 heavy (non-hydrogen) atoms. The fourth-order valence-electron chi connectivity index (χ4n) is 1.21. The van der Waals surface area contributed by atoms with Crippen molar-refractivity contribution in [3.63, 3.8) is 0 Å². The second kappa shape index (κ2) is 7.99. The van der Waals surface area contributed by atoms with E-state index >= 15 is 0 Å². The molecule has 0 aliphatic heterocycles. The highest BCUT2D eigenvalue weighted by molar-refractivity contribution is 7.09. The van der Waals surface area contributed by atoms with Crippen molar-refractivity contribution in [1.82, 2.24) is 14.7 Å². The third kappa shape index (κ3) is 5.42. The maximum Gasteiger partial charge on any atom is 0.221 e. The molecule has 0 unspecified atom stereocenters. The molecule has 1 aromatic rings. The number of ether oxygens (including phenoxy) is 1. The Kier molecular flexibility index (Phi) is 6.59. The Labute approximate surface area is 111 Å². The van der Waals surface area contributed by atoms with Crippen LogP contribution in [0.1, 0.15) is 32.0 Å². The molecule has 102 valence electrons. The van der Waals surface area contributed by atoms with Crippen molar-refractivity contribution in [2.45, 2.75) is 26.2 Å². The summed E-state index contributed by atoms with van der Waals surface area (Å²) in [5.74, 6) is 1.18. The molecule has 1 heterocycles. The van der Waals surface area contributed by atoms with Gasteiger partial charge in [-0.2, -0.15) is 4.37 Å². The van der Waals surface area contributed by atoms with Gasteiger partial charge in [0.05, 0.1) is 6.61 Å². The molecule has 0 atom stereocenters. The van der Waals surface area contributed by atoms with Crippen LogP contribution in [0.5, 0.6) is 0 Å². The molecule has 0 bridgehead atoms. The molecule has 2 N–H and O–H groups in total. The summed E-state index contributed by atoms with van der Waals surface area (Å²) >= 11 is 1.33. The lowest BCUT2D eigenvalue weighted by Crippen LogP contribution is -2.28. The van der Waals surface area contributed by atoms with Crippen molar-refractivity contribution >= 4 is 22.6 Å². The van der Waals surface area contributed by atoms with Crippen molar-refractivity contribution in [3.8, 4) is 0 Å². The molecule has 7 heteroatoms. The first kappa shape index (κ1) is 14.8. The molecule has 0 radical (unpaired) electrons. The third-order valence-corrected chi connectivity index (χ3v) is 2.90. The fourth-order valence-corrected chi connectivity index (χ4v) is 1.94. The number of carbonyl (C=O) groups is 1. The molecule has 0 spiro atoms. The second-order valence-corrected chi connectivity index (χ2v) is 4.88. The first-order valence-electron chi connectivity index (χ1n) is 5.96. The molecule has 1 amide bonds. The number of nitrogens with zero attached hydrogens (tertiary/aromatic N) is 2. The number of hydrogen-bond donors (Lipinski definition) is 2. The van der Waals surface area contributed by atoms with Crippen molar-refractivity contribution in [3.05, 3.63) is 5.82 Å². The maximum atomic E-state index is 11.4. The summed E-state index contributed by atoms with van der Waals surface area (Å²) in [6.45, 7) is 5.74. The van der Waals surface area contributed by atoms with Crippen LogP contribution in [0.2, 0.25) is 0 Å². The summed E-state index contributed by atoms with van der Waals surface area (Å²) in [4.78, 5) is 15.7. The molecule has 0 aliphatic rings. The minimum absolute atomic E-state index is 0.00754. The van der Waals surface area contributed by atoms with Crippen LogP contribution >= 0.6 is 11.5 Å². The molecule has 6 nitrogen and oxygen atoms in total. The lowest BCUT2D eigenvalue weighted by molar-refractivity contribution is -0.121. The van der Waals surface area contributed by atoms with Gasteiger partial charge in [0.1, 0.15) is 5.82 Å². The Balaban J connectivity index is 2.18.